The van der Waals surface area contributed by atoms with E-state index in [2.05, 4.69) is 4.99 Å². The number of aromatic hydroxyl groups is 1. The van der Waals surface area contributed by atoms with Crippen molar-refractivity contribution in [2.75, 3.05) is 19.7 Å². The van der Waals surface area contributed by atoms with Gasteiger partial charge in [0.2, 0.25) is 10.0 Å². The Labute approximate surface area is 165 Å². The normalized spacial score (nSPS) is 12.0. The van der Waals surface area contributed by atoms with E-state index in [0.717, 1.165) is 0 Å². The first-order valence-electron chi connectivity index (χ1n) is 8.63. The molecule has 0 saturated carbocycles. The van der Waals surface area contributed by atoms with Crippen molar-refractivity contribution in [1.29, 1.82) is 0 Å². The van der Waals surface area contributed by atoms with Gasteiger partial charge in [-0.1, -0.05) is 31.5 Å². The van der Waals surface area contributed by atoms with Crippen molar-refractivity contribution in [3.8, 4) is 11.5 Å². The Balaban J connectivity index is 2.40. The summed E-state index contributed by atoms with van der Waals surface area (Å²) in [6.07, 6.45) is 1.45. The van der Waals surface area contributed by atoms with Gasteiger partial charge in [0, 0.05) is 24.9 Å². The Morgan fingerprint density at radius 3 is 2.52 bits per heavy atom. The van der Waals surface area contributed by atoms with E-state index in [0.29, 0.717) is 36.7 Å². The second-order valence-corrected chi connectivity index (χ2v) is 7.90. The summed E-state index contributed by atoms with van der Waals surface area (Å²) in [4.78, 5) is 4.29. The number of hydrogen-bond acceptors (Lipinski definition) is 5. The van der Waals surface area contributed by atoms with Gasteiger partial charge in [0.05, 0.1) is 17.3 Å². The number of phenols is 1. The summed E-state index contributed by atoms with van der Waals surface area (Å²) >= 11 is 6.12. The Kier molecular flexibility index (Phi) is 7.24. The van der Waals surface area contributed by atoms with Gasteiger partial charge in [0.25, 0.3) is 0 Å². The molecule has 8 heteroatoms. The van der Waals surface area contributed by atoms with Crippen molar-refractivity contribution in [1.82, 2.24) is 4.31 Å². The third-order valence-corrected chi connectivity index (χ3v) is 6.45. The predicted molar refractivity (Wildman–Crippen MR) is 108 cm³/mol. The molecule has 0 radical (unpaired) electrons. The van der Waals surface area contributed by atoms with Crippen molar-refractivity contribution in [2.24, 2.45) is 4.99 Å². The Morgan fingerprint density at radius 2 is 1.89 bits per heavy atom. The SMILES string of the molecule is CCOc1cccc(C=Nc2ccc(Cl)c(S(=O)(=O)N(CC)CC)c2)c1O. The number of para-hydroxylation sites is 1. The van der Waals surface area contributed by atoms with E-state index in [9.17, 15) is 13.5 Å². The van der Waals surface area contributed by atoms with Crippen LogP contribution in [0.2, 0.25) is 5.02 Å². The highest BCUT2D eigenvalue weighted by molar-refractivity contribution is 7.89. The first kappa shape index (κ1) is 21.2. The van der Waals surface area contributed by atoms with Crippen LogP contribution in [0.4, 0.5) is 5.69 Å². The van der Waals surface area contributed by atoms with E-state index in [-0.39, 0.29) is 15.7 Å². The number of phenolic OH excluding ortho intramolecular Hbond substituents is 1. The molecule has 0 aromatic heterocycles. The third kappa shape index (κ3) is 4.80. The zero-order valence-electron chi connectivity index (χ0n) is 15.5. The highest BCUT2D eigenvalue weighted by Gasteiger charge is 2.24. The van der Waals surface area contributed by atoms with E-state index >= 15 is 0 Å². The molecule has 0 unspecified atom stereocenters. The van der Waals surface area contributed by atoms with Crippen molar-refractivity contribution in [3.05, 3.63) is 47.0 Å². The Morgan fingerprint density at radius 1 is 1.19 bits per heavy atom. The maximum Gasteiger partial charge on any atom is 0.244 e. The number of nitrogens with zero attached hydrogens (tertiary/aromatic N) is 2. The second-order valence-electron chi connectivity index (χ2n) is 5.59. The molecule has 2 aromatic carbocycles. The van der Waals surface area contributed by atoms with Gasteiger partial charge in [0.15, 0.2) is 11.5 Å². The molecular formula is C19H23ClN2O4S. The lowest BCUT2D eigenvalue weighted by Gasteiger charge is -2.19. The molecule has 0 aliphatic heterocycles. The van der Waals surface area contributed by atoms with E-state index in [4.69, 9.17) is 16.3 Å². The quantitative estimate of drug-likeness (QED) is 0.660. The number of sulfonamides is 1. The van der Waals surface area contributed by atoms with Crippen LogP contribution in [0.15, 0.2) is 46.3 Å². The van der Waals surface area contributed by atoms with Crippen LogP contribution in [0.5, 0.6) is 11.5 Å². The van der Waals surface area contributed by atoms with Gasteiger partial charge in [-0.3, -0.25) is 4.99 Å². The van der Waals surface area contributed by atoms with Gasteiger partial charge < -0.3 is 9.84 Å². The smallest absolute Gasteiger partial charge is 0.244 e. The molecule has 6 nitrogen and oxygen atoms in total. The summed E-state index contributed by atoms with van der Waals surface area (Å²) in [5.74, 6) is 0.343. The molecule has 0 bridgehead atoms. The van der Waals surface area contributed by atoms with Crippen LogP contribution in [-0.4, -0.2) is 43.7 Å². The van der Waals surface area contributed by atoms with E-state index in [1.54, 1.807) is 38.1 Å². The van der Waals surface area contributed by atoms with E-state index < -0.39 is 10.0 Å². The number of aliphatic imine (C=N–C) groups is 1. The van der Waals surface area contributed by atoms with Gasteiger partial charge >= 0.3 is 0 Å². The third-order valence-electron chi connectivity index (χ3n) is 3.92. The molecule has 0 aliphatic carbocycles. The van der Waals surface area contributed by atoms with Gasteiger partial charge in [-0.15, -0.1) is 0 Å². The van der Waals surface area contributed by atoms with Crippen LogP contribution >= 0.6 is 11.6 Å². The fraction of sp³-hybridized carbons (Fsp3) is 0.316. The summed E-state index contributed by atoms with van der Waals surface area (Å²) < 4.78 is 32.2. The molecule has 0 aliphatic rings. The molecule has 0 heterocycles. The topological polar surface area (TPSA) is 79.2 Å². The number of hydrogen-bond donors (Lipinski definition) is 1. The molecule has 27 heavy (non-hydrogen) atoms. The lowest BCUT2D eigenvalue weighted by atomic mass is 10.2. The number of ether oxygens (including phenoxy) is 1. The minimum absolute atomic E-state index is 0.00908. The first-order chi connectivity index (χ1) is 12.8. The van der Waals surface area contributed by atoms with Crippen molar-refractivity contribution in [2.45, 2.75) is 25.7 Å². The molecule has 1 N–H and O–H groups in total. The van der Waals surface area contributed by atoms with Crippen LogP contribution < -0.4 is 4.74 Å². The average molecular weight is 411 g/mol. The minimum Gasteiger partial charge on any atom is -0.504 e. The Bertz CT molecular complexity index is 925. The molecule has 0 saturated heterocycles. The summed E-state index contributed by atoms with van der Waals surface area (Å²) in [5, 5.41) is 10.4. The molecule has 0 spiro atoms. The van der Waals surface area contributed by atoms with Crippen LogP contribution in [-0.2, 0) is 10.0 Å². The maximum atomic E-state index is 12.7. The lowest BCUT2D eigenvalue weighted by molar-refractivity contribution is 0.318. The minimum atomic E-state index is -3.70. The zero-order chi connectivity index (χ0) is 20.0. The van der Waals surface area contributed by atoms with Crippen molar-refractivity contribution < 1.29 is 18.3 Å². The summed E-state index contributed by atoms with van der Waals surface area (Å²) in [5.41, 5.74) is 0.871. The van der Waals surface area contributed by atoms with Gasteiger partial charge in [0.1, 0.15) is 4.90 Å². The van der Waals surface area contributed by atoms with Gasteiger partial charge in [-0.2, -0.15) is 4.31 Å². The van der Waals surface area contributed by atoms with E-state index in [1.807, 2.05) is 6.92 Å². The van der Waals surface area contributed by atoms with Crippen LogP contribution in [0.3, 0.4) is 0 Å². The first-order valence-corrected chi connectivity index (χ1v) is 10.4. The lowest BCUT2D eigenvalue weighted by Crippen LogP contribution is -2.30. The summed E-state index contributed by atoms with van der Waals surface area (Å²) in [6, 6.07) is 9.63. The highest BCUT2D eigenvalue weighted by atomic mass is 35.5. The van der Waals surface area contributed by atoms with Crippen LogP contribution in [0.25, 0.3) is 0 Å². The maximum absolute atomic E-state index is 12.7. The van der Waals surface area contributed by atoms with E-state index in [1.165, 1.54) is 22.7 Å². The molecule has 0 atom stereocenters. The second kappa shape index (κ2) is 9.21. The fourth-order valence-electron chi connectivity index (χ4n) is 2.53. The molecule has 2 rings (SSSR count). The zero-order valence-corrected chi connectivity index (χ0v) is 17.1. The average Bonchev–Trinajstić information content (AvgIpc) is 2.64. The predicted octanol–water partition coefficient (Wildman–Crippen LogP) is 4.23. The van der Waals surface area contributed by atoms with Gasteiger partial charge in [-0.05, 0) is 37.3 Å². The summed E-state index contributed by atoms with van der Waals surface area (Å²) in [7, 11) is -3.70. The molecule has 0 fully saturated rings. The fourth-order valence-corrected chi connectivity index (χ4v) is 4.48. The standard InChI is InChI=1S/C19H23ClN2O4S/c1-4-22(5-2)27(24,25)18-12-15(10-11-16(18)20)21-13-14-8-7-9-17(19(14)23)26-6-3/h7-13,23H,4-6H2,1-3H3. The molecule has 2 aromatic rings. The summed E-state index contributed by atoms with van der Waals surface area (Å²) in [6.45, 7) is 6.49. The van der Waals surface area contributed by atoms with Crippen molar-refractivity contribution in [3.63, 3.8) is 0 Å². The molecule has 0 amide bonds. The highest BCUT2D eigenvalue weighted by Crippen LogP contribution is 2.31. The monoisotopic (exact) mass is 410 g/mol. The number of rotatable bonds is 8. The Hall–Kier alpha value is -2.09. The largest absolute Gasteiger partial charge is 0.504 e. The molecule has 146 valence electrons. The van der Waals surface area contributed by atoms with Gasteiger partial charge in [-0.25, -0.2) is 8.42 Å². The number of halogens is 1. The van der Waals surface area contributed by atoms with Crippen LogP contribution in [0.1, 0.15) is 26.3 Å². The van der Waals surface area contributed by atoms with Crippen molar-refractivity contribution >= 4 is 33.5 Å². The van der Waals surface area contributed by atoms with Crippen LogP contribution in [0, 0.1) is 0 Å². The molecular weight excluding hydrogens is 388 g/mol. The number of benzene rings is 2.